The average molecular weight is 208 g/mol. The van der Waals surface area contributed by atoms with Crippen LogP contribution in [-0.2, 0) is 24.2 Å². The number of ether oxygens (including phenoxy) is 1. The van der Waals surface area contributed by atoms with Crippen LogP contribution in [0.15, 0.2) is 0 Å². The molecular weight excluding hydrogens is 188 g/mol. The Balaban J connectivity index is 2.03. The van der Waals surface area contributed by atoms with E-state index in [1.54, 1.807) is 0 Å². The van der Waals surface area contributed by atoms with Crippen LogP contribution < -0.4 is 0 Å². The number of hydrogen-bond acceptors (Lipinski definition) is 2. The Bertz CT molecular complexity index is 330. The molecule has 1 aliphatic carbocycles. The molecule has 0 fully saturated rings. The highest BCUT2D eigenvalue weighted by molar-refractivity contribution is 5.18. The molecule has 1 aromatic heterocycles. The Morgan fingerprint density at radius 2 is 2.33 bits per heavy atom. The molecule has 0 bridgehead atoms. The molecule has 0 spiro atoms. The van der Waals surface area contributed by atoms with Gasteiger partial charge in [0.1, 0.15) is 12.4 Å². The second-order valence-corrected chi connectivity index (χ2v) is 4.82. The van der Waals surface area contributed by atoms with Gasteiger partial charge in [-0.15, -0.1) is 0 Å². The fourth-order valence-corrected chi connectivity index (χ4v) is 2.03. The molecule has 1 N–H and O–H groups in total. The molecule has 3 heteroatoms. The summed E-state index contributed by atoms with van der Waals surface area (Å²) >= 11 is 0. The van der Waals surface area contributed by atoms with Gasteiger partial charge >= 0.3 is 0 Å². The molecule has 2 rings (SSSR count). The van der Waals surface area contributed by atoms with E-state index in [-0.39, 0.29) is 6.10 Å². The first-order valence-corrected chi connectivity index (χ1v) is 5.83. The third kappa shape index (κ3) is 2.59. The predicted octanol–water partition coefficient (Wildman–Crippen LogP) is 2.46. The average Bonchev–Trinajstić information content (AvgIpc) is 2.56. The number of aromatic nitrogens is 2. The van der Waals surface area contributed by atoms with E-state index < -0.39 is 0 Å². The highest BCUT2D eigenvalue weighted by Crippen LogP contribution is 2.23. The quantitative estimate of drug-likeness (QED) is 0.828. The summed E-state index contributed by atoms with van der Waals surface area (Å²) in [6.45, 7) is 7.00. The van der Waals surface area contributed by atoms with E-state index in [0.717, 1.165) is 24.6 Å². The van der Waals surface area contributed by atoms with E-state index in [1.807, 2.05) is 13.8 Å². The van der Waals surface area contributed by atoms with Crippen molar-refractivity contribution >= 4 is 0 Å². The topological polar surface area (TPSA) is 37.9 Å². The maximum atomic E-state index is 5.54. The summed E-state index contributed by atoms with van der Waals surface area (Å²) in [7, 11) is 0. The fraction of sp³-hybridized carbons (Fsp3) is 0.750. The Hall–Kier alpha value is -0.830. The van der Waals surface area contributed by atoms with Crippen molar-refractivity contribution < 1.29 is 4.74 Å². The monoisotopic (exact) mass is 208 g/mol. The van der Waals surface area contributed by atoms with Crippen molar-refractivity contribution in [3.8, 4) is 0 Å². The molecule has 1 unspecified atom stereocenters. The van der Waals surface area contributed by atoms with Crippen LogP contribution in [-0.4, -0.2) is 16.1 Å². The van der Waals surface area contributed by atoms with Gasteiger partial charge in [-0.25, -0.2) is 4.98 Å². The molecule has 0 amide bonds. The number of imidazole rings is 1. The van der Waals surface area contributed by atoms with E-state index in [9.17, 15) is 0 Å². The fourth-order valence-electron chi connectivity index (χ4n) is 2.03. The molecule has 0 saturated heterocycles. The first-order valence-electron chi connectivity index (χ1n) is 5.83. The lowest BCUT2D eigenvalue weighted by molar-refractivity contribution is 0.0616. The molecule has 1 atom stereocenters. The number of rotatable bonds is 3. The zero-order chi connectivity index (χ0) is 10.8. The SMILES string of the molecule is CC1CCc2nc(COC(C)C)[nH]c2C1. The molecule has 0 radical (unpaired) electrons. The standard InChI is InChI=1S/C12H20N2O/c1-8(2)15-7-12-13-10-5-4-9(3)6-11(10)14-12/h8-9H,4-7H2,1-3H3,(H,13,14). The van der Waals surface area contributed by atoms with Crippen LogP contribution in [0.5, 0.6) is 0 Å². The van der Waals surface area contributed by atoms with Crippen LogP contribution in [0.25, 0.3) is 0 Å². The second kappa shape index (κ2) is 4.35. The molecule has 1 aliphatic rings. The molecule has 15 heavy (non-hydrogen) atoms. The minimum absolute atomic E-state index is 0.269. The molecular formula is C12H20N2O. The number of hydrogen-bond donors (Lipinski definition) is 1. The summed E-state index contributed by atoms with van der Waals surface area (Å²) in [6.07, 6.45) is 3.80. The van der Waals surface area contributed by atoms with Gasteiger partial charge in [-0.3, -0.25) is 0 Å². The van der Waals surface area contributed by atoms with Crippen molar-refractivity contribution in [1.29, 1.82) is 0 Å². The van der Waals surface area contributed by atoms with E-state index in [0.29, 0.717) is 6.61 Å². The zero-order valence-corrected chi connectivity index (χ0v) is 9.84. The second-order valence-electron chi connectivity index (χ2n) is 4.82. The van der Waals surface area contributed by atoms with Crippen LogP contribution >= 0.6 is 0 Å². The Morgan fingerprint density at radius 3 is 3.07 bits per heavy atom. The van der Waals surface area contributed by atoms with Gasteiger partial charge in [0, 0.05) is 5.69 Å². The summed E-state index contributed by atoms with van der Waals surface area (Å²) in [5.74, 6) is 1.78. The van der Waals surface area contributed by atoms with Gasteiger partial charge in [0.2, 0.25) is 0 Å². The van der Waals surface area contributed by atoms with Crippen molar-refractivity contribution in [3.05, 3.63) is 17.2 Å². The van der Waals surface area contributed by atoms with Gasteiger partial charge in [0.05, 0.1) is 11.8 Å². The van der Waals surface area contributed by atoms with Crippen molar-refractivity contribution in [2.75, 3.05) is 0 Å². The van der Waals surface area contributed by atoms with E-state index >= 15 is 0 Å². The Kier molecular flexibility index (Phi) is 3.10. The van der Waals surface area contributed by atoms with E-state index in [2.05, 4.69) is 16.9 Å². The van der Waals surface area contributed by atoms with Crippen LogP contribution in [0.1, 0.15) is 44.4 Å². The van der Waals surface area contributed by atoms with Crippen molar-refractivity contribution in [1.82, 2.24) is 9.97 Å². The van der Waals surface area contributed by atoms with Gasteiger partial charge in [-0.1, -0.05) is 6.92 Å². The summed E-state index contributed by atoms with van der Waals surface area (Å²) in [4.78, 5) is 7.96. The maximum Gasteiger partial charge on any atom is 0.132 e. The number of nitrogens with one attached hydrogen (secondary N) is 1. The minimum Gasteiger partial charge on any atom is -0.371 e. The van der Waals surface area contributed by atoms with Gasteiger partial charge in [0.25, 0.3) is 0 Å². The van der Waals surface area contributed by atoms with Crippen molar-refractivity contribution in [3.63, 3.8) is 0 Å². The predicted molar refractivity (Wildman–Crippen MR) is 59.7 cm³/mol. The summed E-state index contributed by atoms with van der Waals surface area (Å²) in [5, 5.41) is 0. The van der Waals surface area contributed by atoms with Gasteiger partial charge in [-0.2, -0.15) is 0 Å². The zero-order valence-electron chi connectivity index (χ0n) is 9.84. The Morgan fingerprint density at radius 1 is 1.53 bits per heavy atom. The van der Waals surface area contributed by atoms with E-state index in [4.69, 9.17) is 4.74 Å². The summed E-state index contributed by atoms with van der Waals surface area (Å²) in [6, 6.07) is 0. The highest BCUT2D eigenvalue weighted by Gasteiger charge is 2.18. The highest BCUT2D eigenvalue weighted by atomic mass is 16.5. The lowest BCUT2D eigenvalue weighted by Crippen LogP contribution is -2.10. The van der Waals surface area contributed by atoms with Crippen molar-refractivity contribution in [2.24, 2.45) is 5.92 Å². The first kappa shape index (κ1) is 10.7. The summed E-state index contributed by atoms with van der Waals surface area (Å²) < 4.78 is 5.54. The molecule has 0 aromatic carbocycles. The Labute approximate surface area is 91.3 Å². The van der Waals surface area contributed by atoms with E-state index in [1.165, 1.54) is 17.8 Å². The molecule has 84 valence electrons. The third-order valence-electron chi connectivity index (χ3n) is 2.89. The van der Waals surface area contributed by atoms with Crippen LogP contribution in [0, 0.1) is 5.92 Å². The lowest BCUT2D eigenvalue weighted by atomic mass is 9.92. The van der Waals surface area contributed by atoms with Gasteiger partial charge < -0.3 is 9.72 Å². The molecule has 1 aromatic rings. The molecule has 3 nitrogen and oxygen atoms in total. The number of aromatic amines is 1. The number of fused-ring (bicyclic) bond motifs is 1. The first-order chi connectivity index (χ1) is 7.15. The van der Waals surface area contributed by atoms with Gasteiger partial charge in [-0.05, 0) is 39.0 Å². The molecule has 0 saturated carbocycles. The molecule has 0 aliphatic heterocycles. The number of aryl methyl sites for hydroxylation is 1. The maximum absolute atomic E-state index is 5.54. The number of nitrogens with zero attached hydrogens (tertiary/aromatic N) is 1. The smallest absolute Gasteiger partial charge is 0.132 e. The van der Waals surface area contributed by atoms with Crippen LogP contribution in [0.3, 0.4) is 0 Å². The van der Waals surface area contributed by atoms with Crippen LogP contribution in [0.2, 0.25) is 0 Å². The third-order valence-corrected chi connectivity index (χ3v) is 2.89. The van der Waals surface area contributed by atoms with Gasteiger partial charge in [0.15, 0.2) is 0 Å². The normalized spacial score (nSPS) is 20.7. The lowest BCUT2D eigenvalue weighted by Gasteiger charge is -2.15. The van der Waals surface area contributed by atoms with Crippen molar-refractivity contribution in [2.45, 2.75) is 52.7 Å². The summed E-state index contributed by atoms with van der Waals surface area (Å²) in [5.41, 5.74) is 2.59. The number of H-pyrrole nitrogens is 1. The largest absolute Gasteiger partial charge is 0.371 e. The molecule has 1 heterocycles. The van der Waals surface area contributed by atoms with Crippen LogP contribution in [0.4, 0.5) is 0 Å². The minimum atomic E-state index is 0.269.